The van der Waals surface area contributed by atoms with Gasteiger partial charge in [-0.1, -0.05) is 30.3 Å². The van der Waals surface area contributed by atoms with Crippen molar-refractivity contribution in [3.05, 3.63) is 65.7 Å². The minimum Gasteiger partial charge on any atom is -0.351 e. The van der Waals surface area contributed by atoms with Gasteiger partial charge in [0.1, 0.15) is 0 Å². The number of para-hydroxylation sites is 1. The van der Waals surface area contributed by atoms with Crippen molar-refractivity contribution in [2.75, 3.05) is 18.0 Å². The van der Waals surface area contributed by atoms with Crippen LogP contribution in [0.2, 0.25) is 0 Å². The lowest BCUT2D eigenvalue weighted by Gasteiger charge is -2.17. The van der Waals surface area contributed by atoms with E-state index in [1.807, 2.05) is 30.3 Å². The second kappa shape index (κ2) is 7.87. The van der Waals surface area contributed by atoms with E-state index in [2.05, 4.69) is 5.32 Å². The van der Waals surface area contributed by atoms with E-state index in [9.17, 15) is 19.2 Å². The highest BCUT2D eigenvalue weighted by atomic mass is 16.2. The molecule has 7 nitrogen and oxygen atoms in total. The number of nitrogens with zero attached hydrogens (tertiary/aromatic N) is 2. The molecule has 0 aliphatic carbocycles. The topological polar surface area (TPSA) is 86.8 Å². The number of hydrogen-bond donors (Lipinski definition) is 1. The molecule has 0 saturated carbocycles. The van der Waals surface area contributed by atoms with Crippen molar-refractivity contribution in [3.8, 4) is 0 Å². The van der Waals surface area contributed by atoms with Crippen LogP contribution < -0.4 is 10.2 Å². The zero-order valence-electron chi connectivity index (χ0n) is 15.8. The van der Waals surface area contributed by atoms with Gasteiger partial charge in [-0.2, -0.15) is 0 Å². The van der Waals surface area contributed by atoms with Crippen molar-refractivity contribution in [1.29, 1.82) is 0 Å². The molecular formula is C22H21N3O4. The van der Waals surface area contributed by atoms with Crippen LogP contribution in [0.25, 0.3) is 0 Å². The summed E-state index contributed by atoms with van der Waals surface area (Å²) in [6.07, 6.45) is 0.822. The first-order chi connectivity index (χ1) is 14.0. The molecule has 4 rings (SSSR count). The number of amides is 4. The molecule has 1 fully saturated rings. The first-order valence-corrected chi connectivity index (χ1v) is 9.64. The summed E-state index contributed by atoms with van der Waals surface area (Å²) in [6.45, 7) is 0.631. The Bertz CT molecular complexity index is 938. The maximum absolute atomic E-state index is 12.3. The number of imide groups is 1. The van der Waals surface area contributed by atoms with E-state index in [0.717, 1.165) is 5.69 Å². The summed E-state index contributed by atoms with van der Waals surface area (Å²) < 4.78 is 0. The number of carbonyl (C=O) groups is 4. The Labute approximate surface area is 168 Å². The quantitative estimate of drug-likeness (QED) is 0.763. The molecule has 0 aromatic heterocycles. The van der Waals surface area contributed by atoms with Crippen LogP contribution in [0, 0.1) is 0 Å². The van der Waals surface area contributed by atoms with Crippen LogP contribution in [0.3, 0.4) is 0 Å². The smallest absolute Gasteiger partial charge is 0.261 e. The average molecular weight is 391 g/mol. The molecule has 7 heteroatoms. The van der Waals surface area contributed by atoms with E-state index in [0.29, 0.717) is 24.1 Å². The maximum Gasteiger partial charge on any atom is 0.261 e. The zero-order chi connectivity index (χ0) is 20.4. The van der Waals surface area contributed by atoms with Crippen molar-refractivity contribution in [2.45, 2.75) is 25.3 Å². The molecule has 1 atom stereocenters. The largest absolute Gasteiger partial charge is 0.351 e. The Morgan fingerprint density at radius 3 is 2.21 bits per heavy atom. The van der Waals surface area contributed by atoms with Gasteiger partial charge in [-0.3, -0.25) is 24.1 Å². The van der Waals surface area contributed by atoms with Gasteiger partial charge in [0.25, 0.3) is 11.8 Å². The fourth-order valence-corrected chi connectivity index (χ4v) is 3.80. The van der Waals surface area contributed by atoms with Crippen LogP contribution in [0.15, 0.2) is 54.6 Å². The molecule has 0 spiro atoms. The molecule has 0 bridgehead atoms. The van der Waals surface area contributed by atoms with Gasteiger partial charge in [-0.15, -0.1) is 0 Å². The van der Waals surface area contributed by atoms with Gasteiger partial charge in [0.05, 0.1) is 17.2 Å². The zero-order valence-corrected chi connectivity index (χ0v) is 15.8. The summed E-state index contributed by atoms with van der Waals surface area (Å²) in [5.41, 5.74) is 1.64. The fourth-order valence-electron chi connectivity index (χ4n) is 3.80. The predicted molar refractivity (Wildman–Crippen MR) is 106 cm³/mol. The predicted octanol–water partition coefficient (Wildman–Crippen LogP) is 1.98. The lowest BCUT2D eigenvalue weighted by atomic mass is 10.1. The minimum atomic E-state index is -0.314. The molecule has 2 heterocycles. The van der Waals surface area contributed by atoms with Gasteiger partial charge in [-0.25, -0.2) is 0 Å². The van der Waals surface area contributed by atoms with Crippen molar-refractivity contribution in [2.24, 2.45) is 0 Å². The lowest BCUT2D eigenvalue weighted by Crippen LogP contribution is -2.37. The summed E-state index contributed by atoms with van der Waals surface area (Å²) in [6, 6.07) is 15.8. The molecule has 29 heavy (non-hydrogen) atoms. The average Bonchev–Trinajstić information content (AvgIpc) is 3.21. The first-order valence-electron chi connectivity index (χ1n) is 9.64. The number of nitrogens with one attached hydrogen (secondary N) is 1. The van der Waals surface area contributed by atoms with Gasteiger partial charge in [0, 0.05) is 31.6 Å². The van der Waals surface area contributed by atoms with Crippen LogP contribution in [-0.2, 0) is 9.59 Å². The van der Waals surface area contributed by atoms with E-state index in [-0.39, 0.29) is 49.1 Å². The summed E-state index contributed by atoms with van der Waals surface area (Å²) >= 11 is 0. The van der Waals surface area contributed by atoms with E-state index < -0.39 is 0 Å². The van der Waals surface area contributed by atoms with Crippen LogP contribution >= 0.6 is 0 Å². The first kappa shape index (κ1) is 18.9. The monoisotopic (exact) mass is 391 g/mol. The van der Waals surface area contributed by atoms with E-state index in [1.165, 1.54) is 4.90 Å². The van der Waals surface area contributed by atoms with Crippen molar-refractivity contribution in [1.82, 2.24) is 10.2 Å². The molecule has 0 unspecified atom stereocenters. The van der Waals surface area contributed by atoms with Gasteiger partial charge in [-0.05, 0) is 30.7 Å². The Morgan fingerprint density at radius 2 is 1.55 bits per heavy atom. The number of hydrogen-bond acceptors (Lipinski definition) is 4. The van der Waals surface area contributed by atoms with E-state index in [4.69, 9.17) is 0 Å². The third kappa shape index (κ3) is 3.76. The maximum atomic E-state index is 12.3. The second-order valence-corrected chi connectivity index (χ2v) is 7.22. The molecule has 0 radical (unpaired) electrons. The summed E-state index contributed by atoms with van der Waals surface area (Å²) in [7, 11) is 0. The standard InChI is InChI=1S/C22H21N3O4/c26-19(23-15-13-20(27)25(14-15)16-7-2-1-3-8-16)11-6-12-24-21(28)17-9-4-5-10-18(17)22(24)29/h1-5,7-10,15H,6,11-14H2,(H,23,26)/t15-/m0/s1. The third-order valence-corrected chi connectivity index (χ3v) is 5.22. The van der Waals surface area contributed by atoms with Crippen molar-refractivity contribution in [3.63, 3.8) is 0 Å². The molecule has 2 aromatic rings. The normalized spacial score (nSPS) is 18.3. The summed E-state index contributed by atoms with van der Waals surface area (Å²) in [5.74, 6) is -0.835. The molecule has 2 aromatic carbocycles. The Kier molecular flexibility index (Phi) is 5.12. The van der Waals surface area contributed by atoms with Crippen LogP contribution in [-0.4, -0.2) is 47.7 Å². The van der Waals surface area contributed by atoms with Gasteiger partial charge < -0.3 is 10.2 Å². The summed E-state index contributed by atoms with van der Waals surface area (Å²) in [5, 5.41) is 2.88. The van der Waals surface area contributed by atoms with Crippen LogP contribution in [0.4, 0.5) is 5.69 Å². The minimum absolute atomic E-state index is 0.0208. The summed E-state index contributed by atoms with van der Waals surface area (Å²) in [4.78, 5) is 52.0. The fraction of sp³-hybridized carbons (Fsp3) is 0.273. The van der Waals surface area contributed by atoms with Gasteiger partial charge in [0.15, 0.2) is 0 Å². The van der Waals surface area contributed by atoms with Crippen molar-refractivity contribution >= 4 is 29.3 Å². The Morgan fingerprint density at radius 1 is 0.931 bits per heavy atom. The SMILES string of the molecule is O=C(CCCN1C(=O)c2ccccc2C1=O)N[C@H]1CC(=O)N(c2ccccc2)C1. The van der Waals surface area contributed by atoms with Gasteiger partial charge in [0.2, 0.25) is 11.8 Å². The van der Waals surface area contributed by atoms with E-state index in [1.54, 1.807) is 29.2 Å². The number of rotatable bonds is 6. The molecule has 148 valence electrons. The van der Waals surface area contributed by atoms with Crippen LogP contribution in [0.5, 0.6) is 0 Å². The van der Waals surface area contributed by atoms with Crippen LogP contribution in [0.1, 0.15) is 40.0 Å². The molecule has 2 aliphatic heterocycles. The Balaban J connectivity index is 1.26. The highest BCUT2D eigenvalue weighted by molar-refractivity contribution is 6.21. The molecule has 1 saturated heterocycles. The lowest BCUT2D eigenvalue weighted by molar-refractivity contribution is -0.121. The number of benzene rings is 2. The highest BCUT2D eigenvalue weighted by Gasteiger charge is 2.35. The third-order valence-electron chi connectivity index (χ3n) is 5.22. The van der Waals surface area contributed by atoms with Gasteiger partial charge >= 0.3 is 0 Å². The Hall–Kier alpha value is -3.48. The number of fused-ring (bicyclic) bond motifs is 1. The molecule has 1 N–H and O–H groups in total. The second-order valence-electron chi connectivity index (χ2n) is 7.22. The van der Waals surface area contributed by atoms with E-state index >= 15 is 0 Å². The number of anilines is 1. The highest BCUT2D eigenvalue weighted by Crippen LogP contribution is 2.23. The molecular weight excluding hydrogens is 370 g/mol. The molecule has 2 aliphatic rings. The number of carbonyl (C=O) groups excluding carboxylic acids is 4. The molecule has 4 amide bonds. The van der Waals surface area contributed by atoms with Crippen molar-refractivity contribution < 1.29 is 19.2 Å².